The van der Waals surface area contributed by atoms with Gasteiger partial charge in [-0.3, -0.25) is 4.90 Å². The van der Waals surface area contributed by atoms with Crippen molar-refractivity contribution >= 4 is 28.6 Å². The van der Waals surface area contributed by atoms with E-state index in [1.165, 1.54) is 27.7 Å². The highest BCUT2D eigenvalue weighted by molar-refractivity contribution is 6.30. The van der Waals surface area contributed by atoms with Crippen molar-refractivity contribution in [2.75, 3.05) is 13.1 Å². The number of ether oxygens (including phenoxy) is 1. The number of aromatic nitrogens is 1. The van der Waals surface area contributed by atoms with E-state index in [4.69, 9.17) is 22.1 Å². The number of rotatable bonds is 4. The highest BCUT2D eigenvalue weighted by Gasteiger charge is 2.53. The number of hydrogen-bond acceptors (Lipinski definition) is 3. The Kier molecular flexibility index (Phi) is 5.89. The highest BCUT2D eigenvalue weighted by Crippen LogP contribution is 2.57. The number of nitrogens with zero attached hydrogens (tertiary/aromatic N) is 2. The topological polar surface area (TPSA) is 60.5 Å². The Labute approximate surface area is 206 Å². The number of halogens is 1. The molecule has 6 heteroatoms. The Morgan fingerprint density at radius 1 is 1.15 bits per heavy atom. The maximum atomic E-state index is 13.6. The quantitative estimate of drug-likeness (QED) is 0.484. The van der Waals surface area contributed by atoms with Crippen molar-refractivity contribution in [3.63, 3.8) is 0 Å². The maximum absolute atomic E-state index is 13.6. The summed E-state index contributed by atoms with van der Waals surface area (Å²) >= 11 is 6.26. The van der Waals surface area contributed by atoms with Gasteiger partial charge in [-0.1, -0.05) is 48.4 Å². The first-order chi connectivity index (χ1) is 16.2. The van der Waals surface area contributed by atoms with Crippen LogP contribution in [-0.2, 0) is 23.1 Å². The minimum Gasteiger partial charge on any atom is -0.444 e. The Hall–Kier alpha value is -2.50. The van der Waals surface area contributed by atoms with E-state index >= 15 is 0 Å². The summed E-state index contributed by atoms with van der Waals surface area (Å²) in [5.74, 6) is 0. The molecule has 0 saturated heterocycles. The van der Waals surface area contributed by atoms with Gasteiger partial charge in [0.05, 0.1) is 6.04 Å². The lowest BCUT2D eigenvalue weighted by Crippen LogP contribution is -2.54. The molecule has 1 aliphatic carbocycles. The Morgan fingerprint density at radius 3 is 2.47 bits per heavy atom. The maximum Gasteiger partial charge on any atom is 0.410 e. The summed E-state index contributed by atoms with van der Waals surface area (Å²) < 4.78 is 8.31. The van der Waals surface area contributed by atoms with Crippen LogP contribution in [0.25, 0.3) is 10.9 Å². The zero-order chi connectivity index (χ0) is 24.1. The van der Waals surface area contributed by atoms with E-state index in [0.717, 1.165) is 30.7 Å². The number of fused-ring (bicyclic) bond motifs is 3. The fourth-order valence-electron chi connectivity index (χ4n) is 5.99. The summed E-state index contributed by atoms with van der Waals surface area (Å²) in [5.41, 5.74) is 10.4. The van der Waals surface area contributed by atoms with Crippen LogP contribution in [0.5, 0.6) is 0 Å². The van der Waals surface area contributed by atoms with E-state index < -0.39 is 5.60 Å². The molecule has 1 saturated carbocycles. The summed E-state index contributed by atoms with van der Waals surface area (Å²) in [4.78, 5) is 15.6. The normalized spacial score (nSPS) is 19.6. The smallest absolute Gasteiger partial charge is 0.410 e. The van der Waals surface area contributed by atoms with Crippen LogP contribution in [-0.4, -0.2) is 34.3 Å². The van der Waals surface area contributed by atoms with Crippen molar-refractivity contribution in [1.29, 1.82) is 0 Å². The van der Waals surface area contributed by atoms with E-state index in [-0.39, 0.29) is 17.6 Å². The van der Waals surface area contributed by atoms with Crippen LogP contribution >= 0.6 is 11.6 Å². The van der Waals surface area contributed by atoms with E-state index in [2.05, 4.69) is 41.0 Å². The van der Waals surface area contributed by atoms with Crippen molar-refractivity contribution in [1.82, 2.24) is 9.47 Å². The molecule has 2 aromatic carbocycles. The summed E-state index contributed by atoms with van der Waals surface area (Å²) in [6.07, 6.45) is 3.73. The van der Waals surface area contributed by atoms with Gasteiger partial charge in [-0.05, 0) is 69.4 Å². The predicted molar refractivity (Wildman–Crippen MR) is 137 cm³/mol. The van der Waals surface area contributed by atoms with Crippen LogP contribution in [0.4, 0.5) is 4.79 Å². The lowest BCUT2D eigenvalue weighted by atomic mass is 9.58. The van der Waals surface area contributed by atoms with Crippen LogP contribution in [0.2, 0.25) is 5.02 Å². The predicted octanol–water partition coefficient (Wildman–Crippen LogP) is 6.21. The lowest BCUT2D eigenvalue weighted by molar-refractivity contribution is -0.00980. The number of para-hydroxylation sites is 1. The van der Waals surface area contributed by atoms with Gasteiger partial charge in [0.1, 0.15) is 5.60 Å². The molecule has 1 aliphatic heterocycles. The Morgan fingerprint density at radius 2 is 1.85 bits per heavy atom. The van der Waals surface area contributed by atoms with E-state index in [1.54, 1.807) is 0 Å². The van der Waals surface area contributed by atoms with Crippen molar-refractivity contribution < 1.29 is 9.53 Å². The second kappa shape index (κ2) is 8.62. The van der Waals surface area contributed by atoms with Gasteiger partial charge in [0.2, 0.25) is 0 Å². The summed E-state index contributed by atoms with van der Waals surface area (Å²) in [5, 5.41) is 1.99. The third-order valence-corrected chi connectivity index (χ3v) is 7.71. The summed E-state index contributed by atoms with van der Waals surface area (Å²) in [6, 6.07) is 16.6. The largest absolute Gasteiger partial charge is 0.444 e. The number of amides is 1. The number of benzene rings is 2. The minimum atomic E-state index is -0.557. The molecule has 1 amide bonds. The first kappa shape index (κ1) is 23.3. The average Bonchev–Trinajstić information content (AvgIpc) is 3.07. The molecule has 34 heavy (non-hydrogen) atoms. The Balaban J connectivity index is 1.74. The number of carbonyl (C=O) groups excluding carboxylic acids is 1. The van der Waals surface area contributed by atoms with Crippen molar-refractivity contribution in [3.05, 3.63) is 70.4 Å². The van der Waals surface area contributed by atoms with Gasteiger partial charge in [0.25, 0.3) is 0 Å². The van der Waals surface area contributed by atoms with E-state index in [1.807, 2.05) is 37.8 Å². The molecule has 0 spiro atoms. The molecule has 1 unspecified atom stereocenters. The second-order valence-corrected chi connectivity index (χ2v) is 11.1. The fourth-order valence-corrected chi connectivity index (χ4v) is 6.11. The van der Waals surface area contributed by atoms with Crippen LogP contribution in [0.3, 0.4) is 0 Å². The van der Waals surface area contributed by atoms with E-state index in [0.29, 0.717) is 19.6 Å². The zero-order valence-electron chi connectivity index (χ0n) is 20.3. The second-order valence-electron chi connectivity index (χ2n) is 10.7. The van der Waals surface area contributed by atoms with Gasteiger partial charge < -0.3 is 15.0 Å². The zero-order valence-corrected chi connectivity index (χ0v) is 21.1. The first-order valence-corrected chi connectivity index (χ1v) is 12.7. The molecule has 2 N–H and O–H groups in total. The Bertz CT molecular complexity index is 1200. The first-order valence-electron chi connectivity index (χ1n) is 12.3. The third kappa shape index (κ3) is 3.79. The monoisotopic (exact) mass is 479 g/mol. The number of hydrogen-bond donors (Lipinski definition) is 1. The van der Waals surface area contributed by atoms with Gasteiger partial charge in [0.15, 0.2) is 0 Å². The molecule has 1 fully saturated rings. The fraction of sp³-hybridized carbons (Fsp3) is 0.464. The molecule has 1 aromatic heterocycles. The van der Waals surface area contributed by atoms with Crippen molar-refractivity contribution in [3.8, 4) is 0 Å². The van der Waals surface area contributed by atoms with Crippen molar-refractivity contribution in [2.45, 2.75) is 70.1 Å². The molecule has 5 nitrogen and oxygen atoms in total. The third-order valence-electron chi connectivity index (χ3n) is 7.46. The SMILES string of the molecule is CC(C)(C)OC(=O)N1CCc2c(n(CCN)c3ccccc23)C1C1(c2ccc(Cl)cc2)CCC1. The standard InChI is InChI=1S/C28H34ClN3O2/c1-27(2,3)34-26(33)32-17-13-22-21-7-4-5-8-23(21)31(18-16-30)24(22)25(32)28(14-6-15-28)19-9-11-20(29)12-10-19/h4-5,7-12,25H,6,13-18,30H2,1-3H3. The van der Waals surface area contributed by atoms with Gasteiger partial charge in [-0.15, -0.1) is 0 Å². The van der Waals surface area contributed by atoms with Gasteiger partial charge >= 0.3 is 6.09 Å². The molecule has 0 radical (unpaired) electrons. The summed E-state index contributed by atoms with van der Waals surface area (Å²) in [6.45, 7) is 7.68. The molecule has 180 valence electrons. The summed E-state index contributed by atoms with van der Waals surface area (Å²) in [7, 11) is 0. The average molecular weight is 480 g/mol. The molecule has 5 rings (SSSR count). The molecule has 0 bridgehead atoms. The molecule has 1 atom stereocenters. The van der Waals surface area contributed by atoms with Crippen LogP contribution < -0.4 is 5.73 Å². The van der Waals surface area contributed by atoms with Crippen LogP contribution in [0.1, 0.15) is 62.9 Å². The number of nitrogens with two attached hydrogens (primary N) is 1. The molecule has 2 aliphatic rings. The van der Waals surface area contributed by atoms with Crippen LogP contribution in [0, 0.1) is 0 Å². The highest BCUT2D eigenvalue weighted by atomic mass is 35.5. The van der Waals surface area contributed by atoms with Gasteiger partial charge in [-0.2, -0.15) is 0 Å². The van der Waals surface area contributed by atoms with Crippen molar-refractivity contribution in [2.24, 2.45) is 5.73 Å². The van der Waals surface area contributed by atoms with E-state index in [9.17, 15) is 4.79 Å². The molecule has 2 heterocycles. The minimum absolute atomic E-state index is 0.125. The number of carbonyl (C=O) groups is 1. The van der Waals surface area contributed by atoms with Gasteiger partial charge in [0, 0.05) is 46.7 Å². The lowest BCUT2D eigenvalue weighted by Gasteiger charge is -2.53. The van der Waals surface area contributed by atoms with Gasteiger partial charge in [-0.25, -0.2) is 4.79 Å². The van der Waals surface area contributed by atoms with Crippen LogP contribution in [0.15, 0.2) is 48.5 Å². The molecule has 3 aromatic rings. The molecular formula is C28H34ClN3O2. The molecular weight excluding hydrogens is 446 g/mol.